The summed E-state index contributed by atoms with van der Waals surface area (Å²) in [6.45, 7) is 1.80. The van der Waals surface area contributed by atoms with E-state index in [0.29, 0.717) is 12.6 Å². The second kappa shape index (κ2) is 10.4. The third-order valence-corrected chi connectivity index (χ3v) is 3.46. The van der Waals surface area contributed by atoms with Gasteiger partial charge in [-0.15, -0.1) is 24.8 Å². The number of rotatable bonds is 5. The van der Waals surface area contributed by atoms with E-state index in [-0.39, 0.29) is 30.8 Å². The molecule has 1 aromatic heterocycles. The highest BCUT2D eigenvalue weighted by Gasteiger charge is 2.21. The van der Waals surface area contributed by atoms with E-state index in [9.17, 15) is 4.79 Å². The number of carbonyl (C=O) groups excluding carboxylic acids is 1. The van der Waals surface area contributed by atoms with Gasteiger partial charge in [-0.1, -0.05) is 0 Å². The molecule has 0 amide bonds. The number of hydrogen-bond acceptors (Lipinski definition) is 5. The largest absolute Gasteiger partial charge is 0.490 e. The number of nitrogens with zero attached hydrogens (tertiary/aromatic N) is 2. The number of methoxy groups -OCH3 is 1. The smallest absolute Gasteiger partial charge is 0.330 e. The third-order valence-electron chi connectivity index (χ3n) is 3.46. The van der Waals surface area contributed by atoms with Crippen LogP contribution in [0.2, 0.25) is 0 Å². The molecule has 1 aliphatic rings. The van der Waals surface area contributed by atoms with Crippen LogP contribution in [0.5, 0.6) is 5.75 Å². The lowest BCUT2D eigenvalue weighted by molar-refractivity contribution is -0.134. The minimum Gasteiger partial charge on any atom is -0.490 e. The van der Waals surface area contributed by atoms with Crippen LogP contribution in [0.25, 0.3) is 6.08 Å². The molecule has 1 atom stereocenters. The Bertz CT molecular complexity index is 497. The van der Waals surface area contributed by atoms with Crippen LogP contribution in [0.1, 0.15) is 18.4 Å². The van der Waals surface area contributed by atoms with Crippen LogP contribution in [-0.4, -0.2) is 49.2 Å². The molecule has 2 heterocycles. The third kappa shape index (κ3) is 6.22. The highest BCUT2D eigenvalue weighted by molar-refractivity contribution is 5.86. The van der Waals surface area contributed by atoms with Gasteiger partial charge < -0.3 is 14.4 Å². The average molecular weight is 349 g/mol. The van der Waals surface area contributed by atoms with Crippen LogP contribution in [0.3, 0.4) is 0 Å². The molecule has 0 N–H and O–H groups in total. The highest BCUT2D eigenvalue weighted by atomic mass is 35.5. The van der Waals surface area contributed by atoms with Crippen molar-refractivity contribution >= 4 is 36.9 Å². The van der Waals surface area contributed by atoms with Crippen LogP contribution in [0, 0.1) is 0 Å². The summed E-state index contributed by atoms with van der Waals surface area (Å²) in [6, 6.07) is 2.34. The topological polar surface area (TPSA) is 51.7 Å². The minimum atomic E-state index is -0.385. The van der Waals surface area contributed by atoms with E-state index in [2.05, 4.69) is 21.7 Å². The molecule has 124 valence electrons. The standard InChI is InChI=1S/C15H20N2O3.2ClH/c1-17-7-3-4-13(17)11-20-14-8-12(9-16-10-14)5-6-15(18)19-2;;/h5-6,8-10,13H,3-4,7,11H2,1-2H3;2*1H/b6-5+;;/t13-;;/m0../s1. The summed E-state index contributed by atoms with van der Waals surface area (Å²) in [5, 5.41) is 0. The number of ether oxygens (including phenoxy) is 2. The summed E-state index contributed by atoms with van der Waals surface area (Å²) >= 11 is 0. The van der Waals surface area contributed by atoms with Gasteiger partial charge in [-0.05, 0) is 44.1 Å². The fourth-order valence-electron chi connectivity index (χ4n) is 2.22. The second-order valence-electron chi connectivity index (χ2n) is 4.90. The van der Waals surface area contributed by atoms with E-state index in [1.807, 2.05) is 6.07 Å². The van der Waals surface area contributed by atoms with Crippen molar-refractivity contribution in [3.8, 4) is 5.75 Å². The summed E-state index contributed by atoms with van der Waals surface area (Å²) in [5.41, 5.74) is 0.813. The van der Waals surface area contributed by atoms with E-state index >= 15 is 0 Å². The second-order valence-corrected chi connectivity index (χ2v) is 4.90. The molecule has 0 radical (unpaired) electrons. The predicted octanol–water partition coefficient (Wildman–Crippen LogP) is 2.58. The molecule has 5 nitrogen and oxygen atoms in total. The molecular formula is C15H22Cl2N2O3. The zero-order valence-corrected chi connectivity index (χ0v) is 14.4. The van der Waals surface area contributed by atoms with E-state index in [1.165, 1.54) is 26.0 Å². The van der Waals surface area contributed by atoms with Gasteiger partial charge in [0.25, 0.3) is 0 Å². The zero-order valence-electron chi connectivity index (χ0n) is 12.7. The molecular weight excluding hydrogens is 327 g/mol. The van der Waals surface area contributed by atoms with Crippen LogP contribution < -0.4 is 4.74 Å². The van der Waals surface area contributed by atoms with Gasteiger partial charge in [-0.2, -0.15) is 0 Å². The Morgan fingerprint density at radius 2 is 2.23 bits per heavy atom. The highest BCUT2D eigenvalue weighted by Crippen LogP contribution is 2.18. The van der Waals surface area contributed by atoms with E-state index in [1.54, 1.807) is 18.5 Å². The molecule has 0 aliphatic carbocycles. The zero-order chi connectivity index (χ0) is 14.4. The quantitative estimate of drug-likeness (QED) is 0.604. The summed E-state index contributed by atoms with van der Waals surface area (Å²) in [7, 11) is 3.47. The summed E-state index contributed by atoms with van der Waals surface area (Å²) in [4.78, 5) is 17.5. The van der Waals surface area contributed by atoms with Gasteiger partial charge >= 0.3 is 5.97 Å². The Labute approximate surface area is 143 Å². The minimum absolute atomic E-state index is 0. The van der Waals surface area contributed by atoms with Crippen LogP contribution >= 0.6 is 24.8 Å². The van der Waals surface area contributed by atoms with Crippen molar-refractivity contribution < 1.29 is 14.3 Å². The number of pyridine rings is 1. The number of likely N-dealkylation sites (tertiary alicyclic amines) is 1. The van der Waals surface area contributed by atoms with Gasteiger partial charge in [-0.3, -0.25) is 4.98 Å². The number of hydrogen-bond donors (Lipinski definition) is 0. The van der Waals surface area contributed by atoms with Gasteiger partial charge in [0.2, 0.25) is 0 Å². The fraction of sp³-hybridized carbons (Fsp3) is 0.467. The molecule has 1 aliphatic heterocycles. The molecule has 7 heteroatoms. The maximum Gasteiger partial charge on any atom is 0.330 e. The Morgan fingerprint density at radius 3 is 2.86 bits per heavy atom. The summed E-state index contributed by atoms with van der Waals surface area (Å²) in [6.07, 6.45) is 8.79. The van der Waals surface area contributed by atoms with Crippen molar-refractivity contribution in [1.82, 2.24) is 9.88 Å². The number of halogens is 2. The first-order valence-corrected chi connectivity index (χ1v) is 6.73. The lowest BCUT2D eigenvalue weighted by Gasteiger charge is -2.19. The lowest BCUT2D eigenvalue weighted by Crippen LogP contribution is -2.30. The number of aromatic nitrogens is 1. The summed E-state index contributed by atoms with van der Waals surface area (Å²) in [5.74, 6) is 0.334. The average Bonchev–Trinajstić information content (AvgIpc) is 2.88. The first-order valence-electron chi connectivity index (χ1n) is 6.73. The Morgan fingerprint density at radius 1 is 1.45 bits per heavy atom. The van der Waals surface area contributed by atoms with Crippen molar-refractivity contribution in [2.45, 2.75) is 18.9 Å². The van der Waals surface area contributed by atoms with E-state index in [4.69, 9.17) is 4.74 Å². The van der Waals surface area contributed by atoms with Gasteiger partial charge in [-0.25, -0.2) is 4.79 Å². The molecule has 0 aromatic carbocycles. The van der Waals surface area contributed by atoms with Crippen LogP contribution in [0.15, 0.2) is 24.5 Å². The van der Waals surface area contributed by atoms with Crippen molar-refractivity contribution in [2.24, 2.45) is 0 Å². The van der Waals surface area contributed by atoms with Gasteiger partial charge in [0.05, 0.1) is 13.3 Å². The van der Waals surface area contributed by atoms with Gasteiger partial charge in [0.15, 0.2) is 0 Å². The molecule has 2 rings (SSSR count). The number of likely N-dealkylation sites (N-methyl/N-ethyl adjacent to an activating group) is 1. The molecule has 1 fully saturated rings. The van der Waals surface area contributed by atoms with E-state index in [0.717, 1.165) is 17.9 Å². The molecule has 0 unspecified atom stereocenters. The lowest BCUT2D eigenvalue weighted by atomic mass is 10.2. The molecule has 1 aromatic rings. The summed E-state index contributed by atoms with van der Waals surface area (Å²) < 4.78 is 10.3. The maximum atomic E-state index is 11.0. The Kier molecular flexibility index (Phi) is 9.81. The van der Waals surface area contributed by atoms with Crippen LogP contribution in [0.4, 0.5) is 0 Å². The Hall–Kier alpha value is -1.30. The molecule has 0 bridgehead atoms. The first kappa shape index (κ1) is 20.7. The molecule has 0 saturated carbocycles. The fourth-order valence-corrected chi connectivity index (χ4v) is 2.22. The molecule has 1 saturated heterocycles. The normalized spacial score (nSPS) is 17.6. The SMILES string of the molecule is COC(=O)/C=C/c1cncc(OC[C@@H]2CCCN2C)c1.Cl.Cl. The number of carbonyl (C=O) groups is 1. The van der Waals surface area contributed by atoms with Crippen molar-refractivity contribution in [3.63, 3.8) is 0 Å². The first-order chi connectivity index (χ1) is 9.69. The van der Waals surface area contributed by atoms with Crippen molar-refractivity contribution in [1.29, 1.82) is 0 Å². The van der Waals surface area contributed by atoms with Crippen LogP contribution in [-0.2, 0) is 9.53 Å². The van der Waals surface area contributed by atoms with Gasteiger partial charge in [0, 0.05) is 18.3 Å². The van der Waals surface area contributed by atoms with Crippen molar-refractivity contribution in [2.75, 3.05) is 27.3 Å². The number of esters is 1. The molecule has 22 heavy (non-hydrogen) atoms. The van der Waals surface area contributed by atoms with E-state index < -0.39 is 0 Å². The maximum absolute atomic E-state index is 11.0. The van der Waals surface area contributed by atoms with Gasteiger partial charge in [0.1, 0.15) is 12.4 Å². The monoisotopic (exact) mass is 348 g/mol. The molecule has 0 spiro atoms. The Balaban J connectivity index is 0.00000220. The van der Waals surface area contributed by atoms with Crippen molar-refractivity contribution in [3.05, 3.63) is 30.1 Å². The predicted molar refractivity (Wildman–Crippen MR) is 90.9 cm³/mol.